The van der Waals surface area contributed by atoms with Crippen molar-refractivity contribution in [1.82, 2.24) is 14.9 Å². The van der Waals surface area contributed by atoms with Gasteiger partial charge in [0.1, 0.15) is 0 Å². The van der Waals surface area contributed by atoms with Gasteiger partial charge in [-0.3, -0.25) is 0 Å². The van der Waals surface area contributed by atoms with Crippen LogP contribution >= 0.6 is 0 Å². The van der Waals surface area contributed by atoms with E-state index >= 15 is 0 Å². The van der Waals surface area contributed by atoms with E-state index in [1.807, 2.05) is 6.33 Å². The molecule has 0 aliphatic rings. The molecule has 0 aliphatic heterocycles. The Kier molecular flexibility index (Phi) is 4.19. The van der Waals surface area contributed by atoms with E-state index in [0.717, 1.165) is 18.5 Å². The summed E-state index contributed by atoms with van der Waals surface area (Å²) in [5.41, 5.74) is 5.13. The molecule has 0 saturated heterocycles. The van der Waals surface area contributed by atoms with Crippen molar-refractivity contribution in [1.29, 1.82) is 0 Å². The Bertz CT molecular complexity index is 590. The third-order valence-electron chi connectivity index (χ3n) is 3.92. The number of hydrogen-bond acceptors (Lipinski definition) is 2. The van der Waals surface area contributed by atoms with E-state index in [9.17, 15) is 0 Å². The number of fused-ring (bicyclic) bond motifs is 1. The van der Waals surface area contributed by atoms with Gasteiger partial charge in [0, 0.05) is 18.1 Å². The molecule has 1 unspecified atom stereocenters. The van der Waals surface area contributed by atoms with Crippen LogP contribution in [-0.4, -0.2) is 21.6 Å². The van der Waals surface area contributed by atoms with Crippen molar-refractivity contribution in [3.8, 4) is 0 Å². The summed E-state index contributed by atoms with van der Waals surface area (Å²) in [5, 5.41) is 3.60. The number of benzene rings is 1. The van der Waals surface area contributed by atoms with Crippen LogP contribution in [0.25, 0.3) is 11.0 Å². The summed E-state index contributed by atoms with van der Waals surface area (Å²) in [4.78, 5) is 4.57. The minimum absolute atomic E-state index is 0.149. The van der Waals surface area contributed by atoms with Gasteiger partial charge < -0.3 is 9.88 Å². The van der Waals surface area contributed by atoms with Crippen molar-refractivity contribution in [2.24, 2.45) is 0 Å². The van der Waals surface area contributed by atoms with Crippen molar-refractivity contribution in [3.05, 3.63) is 29.6 Å². The van der Waals surface area contributed by atoms with Gasteiger partial charge in [0.2, 0.25) is 0 Å². The van der Waals surface area contributed by atoms with Crippen molar-refractivity contribution in [2.45, 2.75) is 59.5 Å². The van der Waals surface area contributed by atoms with Crippen LogP contribution in [0.3, 0.4) is 0 Å². The molecule has 0 saturated carbocycles. The zero-order valence-corrected chi connectivity index (χ0v) is 13.6. The van der Waals surface area contributed by atoms with Gasteiger partial charge in [-0.1, -0.05) is 6.92 Å². The largest absolute Gasteiger partial charge is 0.326 e. The fourth-order valence-electron chi connectivity index (χ4n) is 2.44. The Labute approximate surface area is 122 Å². The Morgan fingerprint density at radius 3 is 2.45 bits per heavy atom. The molecule has 1 aromatic carbocycles. The first-order chi connectivity index (χ1) is 9.31. The van der Waals surface area contributed by atoms with E-state index in [0.29, 0.717) is 6.04 Å². The van der Waals surface area contributed by atoms with E-state index in [-0.39, 0.29) is 5.54 Å². The second-order valence-corrected chi connectivity index (χ2v) is 6.77. The monoisotopic (exact) mass is 273 g/mol. The quantitative estimate of drug-likeness (QED) is 0.912. The Morgan fingerprint density at radius 2 is 1.85 bits per heavy atom. The van der Waals surface area contributed by atoms with Crippen molar-refractivity contribution in [3.63, 3.8) is 0 Å². The molecule has 0 radical (unpaired) electrons. The summed E-state index contributed by atoms with van der Waals surface area (Å²) in [7, 11) is 0. The number of rotatable bonds is 4. The number of aromatic nitrogens is 2. The highest BCUT2D eigenvalue weighted by atomic mass is 15.1. The van der Waals surface area contributed by atoms with Gasteiger partial charge in [-0.25, -0.2) is 4.98 Å². The van der Waals surface area contributed by atoms with Gasteiger partial charge in [0.25, 0.3) is 0 Å². The lowest BCUT2D eigenvalue weighted by molar-refractivity contribution is 0.364. The number of imidazole rings is 1. The summed E-state index contributed by atoms with van der Waals surface area (Å²) in [5.74, 6) is 0. The zero-order chi connectivity index (χ0) is 14.9. The van der Waals surface area contributed by atoms with Gasteiger partial charge in [0.15, 0.2) is 0 Å². The molecular formula is C17H27N3. The highest BCUT2D eigenvalue weighted by Gasteiger charge is 2.16. The van der Waals surface area contributed by atoms with Crippen molar-refractivity contribution >= 4 is 11.0 Å². The minimum Gasteiger partial charge on any atom is -0.326 e. The fraction of sp³-hybridized carbons (Fsp3) is 0.588. The molecule has 1 atom stereocenters. The molecule has 0 fully saturated rings. The maximum atomic E-state index is 4.57. The Morgan fingerprint density at radius 1 is 1.20 bits per heavy atom. The van der Waals surface area contributed by atoms with Crippen molar-refractivity contribution in [2.75, 3.05) is 6.54 Å². The van der Waals surface area contributed by atoms with Gasteiger partial charge in [-0.05, 0) is 64.3 Å². The topological polar surface area (TPSA) is 29.9 Å². The molecule has 110 valence electrons. The van der Waals surface area contributed by atoms with Gasteiger partial charge in [-0.15, -0.1) is 0 Å². The number of hydrogen-bond donors (Lipinski definition) is 1. The SMILES string of the molecule is CCC(CNC(C)(C)C)n1cnc2cc(C)c(C)cc21. The molecule has 1 heterocycles. The average Bonchev–Trinajstić information content (AvgIpc) is 2.73. The number of nitrogens with zero attached hydrogens (tertiary/aromatic N) is 2. The van der Waals surface area contributed by atoms with Gasteiger partial charge in [0.05, 0.1) is 17.4 Å². The number of nitrogens with one attached hydrogen (secondary N) is 1. The second kappa shape index (κ2) is 5.57. The molecule has 3 heteroatoms. The van der Waals surface area contributed by atoms with Crippen molar-refractivity contribution < 1.29 is 0 Å². The summed E-state index contributed by atoms with van der Waals surface area (Å²) in [6.45, 7) is 14.1. The van der Waals surface area contributed by atoms with E-state index < -0.39 is 0 Å². The predicted octanol–water partition coefficient (Wildman–Crippen LogP) is 3.99. The molecule has 0 spiro atoms. The molecule has 2 aromatic rings. The van der Waals surface area contributed by atoms with Crippen LogP contribution in [0.5, 0.6) is 0 Å². The first-order valence-corrected chi connectivity index (χ1v) is 7.50. The summed E-state index contributed by atoms with van der Waals surface area (Å²) >= 11 is 0. The molecule has 0 amide bonds. The van der Waals surface area contributed by atoms with Crippen LogP contribution in [0.4, 0.5) is 0 Å². The molecule has 1 N–H and O–H groups in total. The summed E-state index contributed by atoms with van der Waals surface area (Å²) in [6, 6.07) is 4.89. The van der Waals surface area contributed by atoms with E-state index in [2.05, 4.69) is 68.5 Å². The molecule has 0 aliphatic carbocycles. The molecular weight excluding hydrogens is 246 g/mol. The maximum Gasteiger partial charge on any atom is 0.0961 e. The predicted molar refractivity (Wildman–Crippen MR) is 86.3 cm³/mol. The highest BCUT2D eigenvalue weighted by Crippen LogP contribution is 2.23. The lowest BCUT2D eigenvalue weighted by Gasteiger charge is -2.26. The lowest BCUT2D eigenvalue weighted by atomic mass is 10.1. The van der Waals surface area contributed by atoms with Crippen LogP contribution in [-0.2, 0) is 0 Å². The van der Waals surface area contributed by atoms with Crippen LogP contribution in [0.2, 0.25) is 0 Å². The van der Waals surface area contributed by atoms with E-state index in [1.165, 1.54) is 16.6 Å². The Hall–Kier alpha value is -1.35. The van der Waals surface area contributed by atoms with Crippen LogP contribution < -0.4 is 5.32 Å². The molecule has 2 rings (SSSR count). The molecule has 3 nitrogen and oxygen atoms in total. The zero-order valence-electron chi connectivity index (χ0n) is 13.6. The standard InChI is InChI=1S/C17H27N3/c1-7-14(10-19-17(4,5)6)20-11-18-15-8-12(2)13(3)9-16(15)20/h8-9,11,14,19H,7,10H2,1-6H3. The summed E-state index contributed by atoms with van der Waals surface area (Å²) in [6.07, 6.45) is 3.09. The average molecular weight is 273 g/mol. The normalized spacial score (nSPS) is 13.9. The second-order valence-electron chi connectivity index (χ2n) is 6.77. The molecule has 20 heavy (non-hydrogen) atoms. The highest BCUT2D eigenvalue weighted by molar-refractivity contribution is 5.77. The fourth-order valence-corrected chi connectivity index (χ4v) is 2.44. The molecule has 1 aromatic heterocycles. The van der Waals surface area contributed by atoms with Crippen LogP contribution in [0.1, 0.15) is 51.3 Å². The number of aryl methyl sites for hydroxylation is 2. The van der Waals surface area contributed by atoms with E-state index in [1.54, 1.807) is 0 Å². The third kappa shape index (κ3) is 3.21. The van der Waals surface area contributed by atoms with Gasteiger partial charge >= 0.3 is 0 Å². The smallest absolute Gasteiger partial charge is 0.0961 e. The van der Waals surface area contributed by atoms with Gasteiger partial charge in [-0.2, -0.15) is 0 Å². The Balaban J connectivity index is 2.32. The minimum atomic E-state index is 0.149. The maximum absolute atomic E-state index is 4.57. The van der Waals surface area contributed by atoms with Crippen LogP contribution in [0.15, 0.2) is 18.5 Å². The lowest BCUT2D eigenvalue weighted by Crippen LogP contribution is -2.39. The summed E-state index contributed by atoms with van der Waals surface area (Å²) < 4.78 is 2.32. The van der Waals surface area contributed by atoms with Crippen LogP contribution in [0, 0.1) is 13.8 Å². The first-order valence-electron chi connectivity index (χ1n) is 7.50. The first kappa shape index (κ1) is 15.0. The van der Waals surface area contributed by atoms with E-state index in [4.69, 9.17) is 0 Å². The molecule has 0 bridgehead atoms. The third-order valence-corrected chi connectivity index (χ3v) is 3.92.